The molecule has 2 saturated heterocycles. The lowest BCUT2D eigenvalue weighted by Crippen LogP contribution is -2.63. The van der Waals surface area contributed by atoms with E-state index in [1.165, 1.54) is 25.0 Å². The number of benzene rings is 1. The highest BCUT2D eigenvalue weighted by molar-refractivity contribution is 5.99. The lowest BCUT2D eigenvalue weighted by Gasteiger charge is -2.56. The van der Waals surface area contributed by atoms with Crippen molar-refractivity contribution in [3.05, 3.63) is 35.1 Å². The number of amides is 3. The van der Waals surface area contributed by atoms with Gasteiger partial charge in [0.25, 0.3) is 0 Å². The number of piperidine rings is 2. The topological polar surface area (TPSA) is 208 Å². The van der Waals surface area contributed by atoms with Crippen LogP contribution in [0.1, 0.15) is 82.8 Å². The van der Waals surface area contributed by atoms with Gasteiger partial charge in [-0.25, -0.2) is 4.79 Å². The number of methoxy groups -OCH3 is 1. The summed E-state index contributed by atoms with van der Waals surface area (Å²) in [4.78, 5) is 72.4. The van der Waals surface area contributed by atoms with Crippen molar-refractivity contribution in [2.24, 2.45) is 28.3 Å². The van der Waals surface area contributed by atoms with Gasteiger partial charge in [0.2, 0.25) is 11.8 Å². The fourth-order valence-electron chi connectivity index (χ4n) is 9.43. The number of ketones is 2. The molecule has 2 aliphatic carbocycles. The van der Waals surface area contributed by atoms with Gasteiger partial charge >= 0.3 is 6.09 Å². The summed E-state index contributed by atoms with van der Waals surface area (Å²) >= 11 is 0. The average Bonchev–Trinajstić information content (AvgIpc) is 3.49. The SMILES string of the molecule is COc1ccc2c3c1OC1C(OC(=O)N4CCCC[C@@H]4CNC(=O)[C@H](CCCN=C(N)N)CC(=O)[C@H](C)NC(=O)CC(C)=O)=CCC4[C@@H](C2)N(C)CC[C@]314. The number of ether oxygens (including phenoxy) is 3. The molecular formula is C39H55N7O8. The maximum absolute atomic E-state index is 14.1. The van der Waals surface area contributed by atoms with Gasteiger partial charge in [-0.1, -0.05) is 6.07 Å². The van der Waals surface area contributed by atoms with Crippen molar-refractivity contribution >= 4 is 35.4 Å². The first kappa shape index (κ1) is 39.0. The Kier molecular flexibility index (Phi) is 11.8. The summed E-state index contributed by atoms with van der Waals surface area (Å²) < 4.78 is 18.8. The van der Waals surface area contributed by atoms with E-state index in [1.807, 2.05) is 12.1 Å². The van der Waals surface area contributed by atoms with Crippen molar-refractivity contribution in [1.29, 1.82) is 0 Å². The molecule has 0 saturated carbocycles. The highest BCUT2D eigenvalue weighted by Crippen LogP contribution is 2.63. The second-order valence-corrected chi connectivity index (χ2v) is 15.6. The van der Waals surface area contributed by atoms with Crippen LogP contribution < -0.4 is 31.6 Å². The van der Waals surface area contributed by atoms with Crippen molar-refractivity contribution in [2.45, 2.75) is 108 Å². The van der Waals surface area contributed by atoms with E-state index in [2.05, 4.69) is 33.6 Å². The summed E-state index contributed by atoms with van der Waals surface area (Å²) in [7, 11) is 3.84. The molecule has 15 heteroatoms. The Morgan fingerprint density at radius 1 is 1.15 bits per heavy atom. The molecule has 2 bridgehead atoms. The van der Waals surface area contributed by atoms with Crippen LogP contribution in [0.5, 0.6) is 11.5 Å². The summed E-state index contributed by atoms with van der Waals surface area (Å²) in [5.41, 5.74) is 13.1. The Hall–Kier alpha value is -4.66. The number of hydrogen-bond acceptors (Lipinski definition) is 10. The minimum Gasteiger partial charge on any atom is -0.493 e. The number of allylic oxidation sites excluding steroid dienone is 1. The fourth-order valence-corrected chi connectivity index (χ4v) is 9.43. The Labute approximate surface area is 316 Å². The predicted octanol–water partition coefficient (Wildman–Crippen LogP) is 2.08. The molecule has 2 fully saturated rings. The number of carbonyl (C=O) groups is 5. The first-order valence-corrected chi connectivity index (χ1v) is 19.2. The van der Waals surface area contributed by atoms with Crippen LogP contribution in [0.25, 0.3) is 0 Å². The quantitative estimate of drug-likeness (QED) is 0.0884. The first-order valence-electron chi connectivity index (χ1n) is 19.2. The molecule has 7 atom stereocenters. The molecule has 0 radical (unpaired) electrons. The highest BCUT2D eigenvalue weighted by atomic mass is 16.6. The number of nitrogens with zero attached hydrogens (tertiary/aromatic N) is 3. The first-order chi connectivity index (χ1) is 25.8. The van der Waals surface area contributed by atoms with Gasteiger partial charge in [0.05, 0.1) is 25.6 Å². The normalized spacial score (nSPS) is 26.2. The summed E-state index contributed by atoms with van der Waals surface area (Å²) in [6.07, 6.45) is 6.40. The van der Waals surface area contributed by atoms with Gasteiger partial charge in [0.1, 0.15) is 11.5 Å². The number of Topliss-reactive ketones (excluding diaryl/α,β-unsaturated/α-hetero) is 2. The summed E-state index contributed by atoms with van der Waals surface area (Å²) in [6, 6.07) is 3.29. The van der Waals surface area contributed by atoms with Gasteiger partial charge < -0.3 is 46.1 Å². The van der Waals surface area contributed by atoms with E-state index in [0.29, 0.717) is 49.3 Å². The average molecular weight is 750 g/mol. The number of likely N-dealkylation sites (tertiary alicyclic amines) is 2. The van der Waals surface area contributed by atoms with Crippen molar-refractivity contribution in [2.75, 3.05) is 40.3 Å². The Bertz CT molecular complexity index is 1710. The zero-order valence-corrected chi connectivity index (χ0v) is 31.9. The van der Waals surface area contributed by atoms with Crippen LogP contribution in [0.4, 0.5) is 4.79 Å². The van der Waals surface area contributed by atoms with E-state index in [0.717, 1.165) is 44.4 Å². The number of hydrogen-bond donors (Lipinski definition) is 4. The zero-order valence-electron chi connectivity index (χ0n) is 31.9. The van der Waals surface area contributed by atoms with Gasteiger partial charge in [0, 0.05) is 49.0 Å². The molecule has 294 valence electrons. The maximum Gasteiger partial charge on any atom is 0.415 e. The van der Waals surface area contributed by atoms with Crippen LogP contribution in [0, 0.1) is 11.8 Å². The second-order valence-electron chi connectivity index (χ2n) is 15.6. The molecular weight excluding hydrogens is 694 g/mol. The molecule has 2 unspecified atom stereocenters. The van der Waals surface area contributed by atoms with Crippen molar-refractivity contribution < 1.29 is 38.2 Å². The smallest absolute Gasteiger partial charge is 0.415 e. The Morgan fingerprint density at radius 3 is 2.69 bits per heavy atom. The number of carbonyl (C=O) groups excluding carboxylic acids is 5. The van der Waals surface area contributed by atoms with E-state index in [-0.39, 0.29) is 60.8 Å². The number of rotatable bonds is 15. The van der Waals surface area contributed by atoms with Gasteiger partial charge in [-0.05, 0) is 102 Å². The maximum atomic E-state index is 14.1. The van der Waals surface area contributed by atoms with E-state index in [4.69, 9.17) is 25.7 Å². The third-order valence-corrected chi connectivity index (χ3v) is 12.1. The predicted molar refractivity (Wildman–Crippen MR) is 200 cm³/mol. The number of guanidine groups is 1. The van der Waals surface area contributed by atoms with Gasteiger partial charge in [-0.3, -0.25) is 24.2 Å². The fraction of sp³-hybridized carbons (Fsp3) is 0.641. The summed E-state index contributed by atoms with van der Waals surface area (Å²) in [6.45, 7) is 4.70. The Balaban J connectivity index is 1.13. The third-order valence-electron chi connectivity index (χ3n) is 12.1. The lowest BCUT2D eigenvalue weighted by atomic mass is 9.53. The van der Waals surface area contributed by atoms with Gasteiger partial charge in [0.15, 0.2) is 29.3 Å². The van der Waals surface area contributed by atoms with Crippen LogP contribution in [-0.4, -0.2) is 110 Å². The molecule has 1 aromatic carbocycles. The van der Waals surface area contributed by atoms with Crippen LogP contribution in [0.2, 0.25) is 0 Å². The monoisotopic (exact) mass is 749 g/mol. The molecule has 5 aliphatic rings. The molecule has 3 heterocycles. The molecule has 6 N–H and O–H groups in total. The lowest BCUT2D eigenvalue weighted by molar-refractivity contribution is -0.132. The minimum atomic E-state index is -0.879. The minimum absolute atomic E-state index is 0.0654. The number of aliphatic imine (C=N–C) groups is 1. The number of nitrogens with one attached hydrogen (secondary N) is 2. The number of nitrogens with two attached hydrogens (primary N) is 2. The van der Waals surface area contributed by atoms with E-state index >= 15 is 0 Å². The molecule has 54 heavy (non-hydrogen) atoms. The van der Waals surface area contributed by atoms with Crippen LogP contribution in [-0.2, 0) is 35.8 Å². The second kappa shape index (κ2) is 16.4. The van der Waals surface area contributed by atoms with Crippen LogP contribution in [0.15, 0.2) is 29.0 Å². The van der Waals surface area contributed by atoms with Crippen LogP contribution in [0.3, 0.4) is 0 Å². The largest absolute Gasteiger partial charge is 0.493 e. The molecule has 1 aromatic rings. The van der Waals surface area contributed by atoms with Crippen molar-refractivity contribution in [1.82, 2.24) is 20.4 Å². The van der Waals surface area contributed by atoms with Crippen molar-refractivity contribution in [3.63, 3.8) is 0 Å². The standard InChI is InChI=1S/C39H55N7O8/c1-22(47)18-32(49)44-23(2)29(48)20-25(8-7-15-42-37(40)41)36(50)43-21-26-9-5-6-16-46(26)38(51)53-31-13-11-27-28-19-24-10-12-30(52-4)34-33(24)39(27,35(31)54-34)14-17-45(28)3/h10,12-13,23,25-28,35H,5-9,11,14-21H2,1-4H3,(H,43,50)(H,44,49)(H4,40,41,42)/t23-,25+,26+,27?,28+,35?,39-/m0/s1. The Morgan fingerprint density at radius 2 is 1.94 bits per heavy atom. The number of likely N-dealkylation sites (N-methyl/N-ethyl adjacent to an activating group) is 1. The zero-order chi connectivity index (χ0) is 38.7. The molecule has 3 amide bonds. The summed E-state index contributed by atoms with van der Waals surface area (Å²) in [5.74, 6) is -0.0329. The van der Waals surface area contributed by atoms with Gasteiger partial charge in [-0.15, -0.1) is 0 Å². The summed E-state index contributed by atoms with van der Waals surface area (Å²) in [5, 5.41) is 5.54. The van der Waals surface area contributed by atoms with Gasteiger partial charge in [-0.2, -0.15) is 0 Å². The highest BCUT2D eigenvalue weighted by Gasteiger charge is 2.65. The molecule has 3 aliphatic heterocycles. The molecule has 0 aromatic heterocycles. The third kappa shape index (κ3) is 7.78. The molecule has 1 spiro atoms. The van der Waals surface area contributed by atoms with Crippen LogP contribution >= 0.6 is 0 Å². The van der Waals surface area contributed by atoms with E-state index in [1.54, 1.807) is 12.0 Å². The van der Waals surface area contributed by atoms with E-state index in [9.17, 15) is 24.0 Å². The molecule has 6 rings (SSSR count). The van der Waals surface area contributed by atoms with Crippen molar-refractivity contribution in [3.8, 4) is 11.5 Å². The van der Waals surface area contributed by atoms with E-state index < -0.39 is 30.1 Å². The molecule has 15 nitrogen and oxygen atoms in total.